The molecule has 0 spiro atoms. The summed E-state index contributed by atoms with van der Waals surface area (Å²) in [4.78, 5) is 41.9. The number of primary amides is 1. The summed E-state index contributed by atoms with van der Waals surface area (Å²) in [5, 5.41) is 8.57. The Morgan fingerprint density at radius 2 is 1.62 bits per heavy atom. The van der Waals surface area contributed by atoms with Gasteiger partial charge in [-0.3, -0.25) is 14.4 Å². The molecule has 166 valence electrons. The molecule has 0 radical (unpaired) electrons. The highest BCUT2D eigenvalue weighted by Crippen LogP contribution is 2.53. The van der Waals surface area contributed by atoms with Crippen LogP contribution < -0.4 is 10.6 Å². The fourth-order valence-corrected chi connectivity index (χ4v) is 4.85. The van der Waals surface area contributed by atoms with Gasteiger partial charge in [-0.2, -0.15) is 0 Å². The number of benzene rings is 2. The Labute approximate surface area is 191 Å². The SMILES string of the molecule is CC(C)O.NC(=O)C1C2C(=O)N(c3ccc(Cl)cc3)C(=O)C2C2c3ccccc3C=CN12. The molecule has 32 heavy (non-hydrogen) atoms. The lowest BCUT2D eigenvalue weighted by Crippen LogP contribution is -2.46. The van der Waals surface area contributed by atoms with Crippen molar-refractivity contribution in [1.82, 2.24) is 4.90 Å². The van der Waals surface area contributed by atoms with E-state index in [1.165, 1.54) is 4.90 Å². The van der Waals surface area contributed by atoms with Gasteiger partial charge in [0.2, 0.25) is 17.7 Å². The molecule has 0 aromatic heterocycles. The normalized spacial score (nSPS) is 25.3. The molecule has 2 aromatic carbocycles. The number of nitrogens with zero attached hydrogens (tertiary/aromatic N) is 2. The lowest BCUT2D eigenvalue weighted by molar-refractivity contribution is -0.129. The third-order valence-corrected chi connectivity index (χ3v) is 6.09. The summed E-state index contributed by atoms with van der Waals surface area (Å²) in [5.74, 6) is -2.82. The highest BCUT2D eigenvalue weighted by Gasteiger charge is 2.64. The summed E-state index contributed by atoms with van der Waals surface area (Å²) < 4.78 is 0. The van der Waals surface area contributed by atoms with Crippen LogP contribution in [0.1, 0.15) is 31.0 Å². The summed E-state index contributed by atoms with van der Waals surface area (Å²) in [6, 6.07) is 12.9. The van der Waals surface area contributed by atoms with Gasteiger partial charge in [0.15, 0.2) is 0 Å². The molecule has 0 aliphatic carbocycles. The van der Waals surface area contributed by atoms with Gasteiger partial charge in [-0.25, -0.2) is 4.90 Å². The first-order valence-electron chi connectivity index (χ1n) is 10.4. The van der Waals surface area contributed by atoms with Crippen molar-refractivity contribution in [1.29, 1.82) is 0 Å². The lowest BCUT2D eigenvalue weighted by Gasteiger charge is -2.34. The number of carbonyl (C=O) groups excluding carboxylic acids is 3. The fourth-order valence-electron chi connectivity index (χ4n) is 4.73. The summed E-state index contributed by atoms with van der Waals surface area (Å²) in [6.07, 6.45) is 3.49. The van der Waals surface area contributed by atoms with Crippen LogP contribution in [0.3, 0.4) is 0 Å². The zero-order valence-corrected chi connectivity index (χ0v) is 18.4. The molecule has 5 rings (SSSR count). The predicted molar refractivity (Wildman–Crippen MR) is 121 cm³/mol. The lowest BCUT2D eigenvalue weighted by atomic mass is 9.84. The number of aliphatic hydroxyl groups excluding tert-OH is 1. The van der Waals surface area contributed by atoms with Crippen molar-refractivity contribution in [2.75, 3.05) is 4.90 Å². The standard InChI is InChI=1S/C21H16ClN3O3.C3H8O/c22-12-5-7-13(8-6-12)25-20(27)15-16(21(25)28)18(19(23)26)24-10-9-11-3-1-2-4-14(11)17(15)24;1-3(2)4/h1-10,15-18H,(H2,23,26);3-4H,1-2H3. The summed E-state index contributed by atoms with van der Waals surface area (Å²) >= 11 is 5.94. The topological polar surface area (TPSA) is 104 Å². The fraction of sp³-hybridized carbons (Fsp3) is 0.292. The van der Waals surface area contributed by atoms with Crippen molar-refractivity contribution in [3.8, 4) is 0 Å². The molecule has 8 heteroatoms. The molecule has 0 bridgehead atoms. The number of halogens is 1. The number of amides is 3. The molecule has 4 atom stereocenters. The van der Waals surface area contributed by atoms with E-state index in [1.54, 1.807) is 49.2 Å². The smallest absolute Gasteiger partial charge is 0.240 e. The third-order valence-electron chi connectivity index (χ3n) is 5.84. The van der Waals surface area contributed by atoms with Gasteiger partial charge in [-0.1, -0.05) is 35.9 Å². The van der Waals surface area contributed by atoms with Crippen molar-refractivity contribution in [2.45, 2.75) is 32.0 Å². The number of imide groups is 1. The van der Waals surface area contributed by atoms with Crippen LogP contribution in [-0.2, 0) is 14.4 Å². The van der Waals surface area contributed by atoms with Gasteiger partial charge in [0.25, 0.3) is 0 Å². The Morgan fingerprint density at radius 3 is 2.25 bits per heavy atom. The number of fused-ring (bicyclic) bond motifs is 5. The Morgan fingerprint density at radius 1 is 1.03 bits per heavy atom. The van der Waals surface area contributed by atoms with Gasteiger partial charge < -0.3 is 15.7 Å². The Balaban J connectivity index is 0.000000567. The van der Waals surface area contributed by atoms with E-state index in [-0.39, 0.29) is 12.0 Å². The summed E-state index contributed by atoms with van der Waals surface area (Å²) in [7, 11) is 0. The van der Waals surface area contributed by atoms with E-state index < -0.39 is 35.7 Å². The molecule has 7 nitrogen and oxygen atoms in total. The highest BCUT2D eigenvalue weighted by atomic mass is 35.5. The second-order valence-electron chi connectivity index (χ2n) is 8.32. The van der Waals surface area contributed by atoms with Gasteiger partial charge in [0, 0.05) is 17.3 Å². The number of rotatable bonds is 2. The monoisotopic (exact) mass is 453 g/mol. The van der Waals surface area contributed by atoms with Crippen molar-refractivity contribution in [3.63, 3.8) is 0 Å². The van der Waals surface area contributed by atoms with Gasteiger partial charge in [0.05, 0.1) is 23.6 Å². The second kappa shape index (κ2) is 8.41. The summed E-state index contributed by atoms with van der Waals surface area (Å²) in [6.45, 7) is 3.44. The van der Waals surface area contributed by atoms with E-state index in [0.717, 1.165) is 11.1 Å². The minimum Gasteiger partial charge on any atom is -0.394 e. The van der Waals surface area contributed by atoms with E-state index in [4.69, 9.17) is 22.4 Å². The van der Waals surface area contributed by atoms with E-state index in [2.05, 4.69) is 0 Å². The number of hydrogen-bond donors (Lipinski definition) is 2. The van der Waals surface area contributed by atoms with E-state index in [9.17, 15) is 14.4 Å². The van der Waals surface area contributed by atoms with Crippen molar-refractivity contribution < 1.29 is 19.5 Å². The van der Waals surface area contributed by atoms with Crippen LogP contribution in [0.2, 0.25) is 5.02 Å². The van der Waals surface area contributed by atoms with Crippen LogP contribution in [0.5, 0.6) is 0 Å². The van der Waals surface area contributed by atoms with E-state index in [0.29, 0.717) is 10.7 Å². The first kappa shape index (κ1) is 22.0. The number of anilines is 1. The van der Waals surface area contributed by atoms with Gasteiger partial charge in [-0.15, -0.1) is 0 Å². The first-order chi connectivity index (χ1) is 15.2. The maximum Gasteiger partial charge on any atom is 0.240 e. The Bertz CT molecular complexity index is 1100. The van der Waals surface area contributed by atoms with E-state index >= 15 is 0 Å². The zero-order chi connectivity index (χ0) is 23.2. The number of nitrogens with two attached hydrogens (primary N) is 1. The number of hydrogen-bond acceptors (Lipinski definition) is 5. The van der Waals surface area contributed by atoms with Crippen molar-refractivity contribution >= 4 is 41.1 Å². The quantitative estimate of drug-likeness (QED) is 0.680. The maximum atomic E-state index is 13.4. The molecule has 3 aliphatic rings. The van der Waals surface area contributed by atoms with Crippen LogP contribution in [0.4, 0.5) is 5.69 Å². The molecule has 2 saturated heterocycles. The molecule has 4 unspecified atom stereocenters. The largest absolute Gasteiger partial charge is 0.394 e. The number of aliphatic hydroxyl groups is 1. The van der Waals surface area contributed by atoms with Crippen molar-refractivity contribution in [2.24, 2.45) is 17.6 Å². The summed E-state index contributed by atoms with van der Waals surface area (Å²) in [5.41, 5.74) is 8.02. The average Bonchev–Trinajstić information content (AvgIpc) is 3.22. The molecular weight excluding hydrogens is 430 g/mol. The molecule has 3 amide bonds. The van der Waals surface area contributed by atoms with Crippen LogP contribution >= 0.6 is 11.6 Å². The second-order valence-corrected chi connectivity index (χ2v) is 8.75. The molecule has 0 saturated carbocycles. The molecule has 2 aromatic rings. The van der Waals surface area contributed by atoms with Crippen LogP contribution in [0.15, 0.2) is 54.7 Å². The molecule has 3 heterocycles. The molecule has 3 N–H and O–H groups in total. The van der Waals surface area contributed by atoms with Crippen LogP contribution in [-0.4, -0.2) is 39.9 Å². The molecular formula is C24H24ClN3O4. The van der Waals surface area contributed by atoms with Crippen molar-refractivity contribution in [3.05, 3.63) is 70.9 Å². The third kappa shape index (κ3) is 3.57. The van der Waals surface area contributed by atoms with Gasteiger partial charge in [0.1, 0.15) is 6.04 Å². The minimum absolute atomic E-state index is 0.167. The van der Waals surface area contributed by atoms with Gasteiger partial charge >= 0.3 is 0 Å². The predicted octanol–water partition coefficient (Wildman–Crippen LogP) is 2.73. The van der Waals surface area contributed by atoms with Crippen LogP contribution in [0, 0.1) is 11.8 Å². The minimum atomic E-state index is -0.867. The zero-order valence-electron chi connectivity index (χ0n) is 17.7. The Hall–Kier alpha value is -3.16. The highest BCUT2D eigenvalue weighted by molar-refractivity contribution is 6.31. The molecule has 2 fully saturated rings. The number of carbonyl (C=O) groups is 3. The maximum absolute atomic E-state index is 13.4. The van der Waals surface area contributed by atoms with Crippen LogP contribution in [0.25, 0.3) is 6.08 Å². The first-order valence-corrected chi connectivity index (χ1v) is 10.8. The molecule has 3 aliphatic heterocycles. The van der Waals surface area contributed by atoms with E-state index in [1.807, 2.05) is 30.3 Å². The Kier molecular flexibility index (Phi) is 5.79. The van der Waals surface area contributed by atoms with Gasteiger partial charge in [-0.05, 0) is 55.3 Å². The average molecular weight is 454 g/mol.